The van der Waals surface area contributed by atoms with Crippen LogP contribution >= 0.6 is 7.82 Å². The summed E-state index contributed by atoms with van der Waals surface area (Å²) >= 11 is 0. The number of rotatable bonds is 4. The molecule has 3 rings (SSSR count). The van der Waals surface area contributed by atoms with Gasteiger partial charge in [0.05, 0.1) is 12.9 Å². The Morgan fingerprint density at radius 3 is 2.71 bits per heavy atom. The standard InChI is InChI=1S/C10H14N5O7P.Na.H/c11-8-5-9(13-2-12-8)15(3-14-5)10-6(17)7(4(1-16)21-10)22-23(18,19)20;;/h2-4,6-7,10,16-17H,1H2,(H2,11,12,13)(H2,18,19,20);;/t4-,6-,7-,10-;;/m1../s1. The van der Waals surface area contributed by atoms with Crippen LogP contribution in [0.2, 0.25) is 0 Å². The van der Waals surface area contributed by atoms with Gasteiger partial charge in [-0.15, -0.1) is 0 Å². The first-order chi connectivity index (χ1) is 10.8. The van der Waals surface area contributed by atoms with E-state index in [9.17, 15) is 14.8 Å². The monoisotopic (exact) mass is 371 g/mol. The van der Waals surface area contributed by atoms with Gasteiger partial charge in [0.25, 0.3) is 0 Å². The number of nitrogen functional groups attached to an aromatic ring is 1. The molecule has 1 fully saturated rings. The maximum atomic E-state index is 11.0. The number of nitrogens with two attached hydrogens (primary N) is 1. The first-order valence-electron chi connectivity index (χ1n) is 6.43. The second-order valence-electron chi connectivity index (χ2n) is 4.88. The molecule has 0 aliphatic carbocycles. The molecule has 128 valence electrons. The van der Waals surface area contributed by atoms with E-state index in [-0.39, 0.29) is 46.5 Å². The van der Waals surface area contributed by atoms with Crippen LogP contribution in [0.1, 0.15) is 6.23 Å². The second-order valence-corrected chi connectivity index (χ2v) is 6.07. The molecule has 4 atom stereocenters. The van der Waals surface area contributed by atoms with E-state index in [4.69, 9.17) is 20.3 Å². The van der Waals surface area contributed by atoms with Crippen LogP contribution in [0.4, 0.5) is 5.82 Å². The Labute approximate surface area is 157 Å². The number of aromatic nitrogens is 4. The zero-order valence-corrected chi connectivity index (χ0v) is 12.4. The van der Waals surface area contributed by atoms with Gasteiger partial charge >= 0.3 is 37.4 Å². The number of hydrogen-bond acceptors (Lipinski definition) is 9. The number of anilines is 1. The van der Waals surface area contributed by atoms with Gasteiger partial charge in [0.2, 0.25) is 0 Å². The van der Waals surface area contributed by atoms with Gasteiger partial charge in [-0.25, -0.2) is 19.5 Å². The van der Waals surface area contributed by atoms with E-state index >= 15 is 0 Å². The van der Waals surface area contributed by atoms with Gasteiger partial charge in [0, 0.05) is 0 Å². The molecule has 12 nitrogen and oxygen atoms in total. The fraction of sp³-hybridized carbons (Fsp3) is 0.500. The van der Waals surface area contributed by atoms with Crippen molar-refractivity contribution >= 4 is 54.4 Å². The van der Waals surface area contributed by atoms with Crippen molar-refractivity contribution in [2.75, 3.05) is 12.3 Å². The summed E-state index contributed by atoms with van der Waals surface area (Å²) < 4.78 is 22.3. The molecule has 0 saturated carbocycles. The predicted molar refractivity (Wildman–Crippen MR) is 80.8 cm³/mol. The number of imidazole rings is 1. The second kappa shape index (κ2) is 7.30. The molecule has 0 aromatic carbocycles. The van der Waals surface area contributed by atoms with Crippen molar-refractivity contribution in [2.24, 2.45) is 0 Å². The van der Waals surface area contributed by atoms with Gasteiger partial charge in [-0.2, -0.15) is 0 Å². The minimum absolute atomic E-state index is 0. The van der Waals surface area contributed by atoms with E-state index < -0.39 is 39.0 Å². The predicted octanol–water partition coefficient (Wildman–Crippen LogP) is -2.51. The summed E-state index contributed by atoms with van der Waals surface area (Å²) in [5, 5.41) is 19.6. The third-order valence-electron chi connectivity index (χ3n) is 3.41. The molecular formula is C10H15N5NaO7P. The van der Waals surface area contributed by atoms with Crippen molar-refractivity contribution in [1.29, 1.82) is 0 Å². The van der Waals surface area contributed by atoms with Crippen LogP contribution in [0.5, 0.6) is 0 Å². The Hall–Kier alpha value is -0.660. The van der Waals surface area contributed by atoms with Crippen LogP contribution in [-0.4, -0.2) is 94.0 Å². The summed E-state index contributed by atoms with van der Waals surface area (Å²) in [6, 6.07) is 0. The maximum absolute atomic E-state index is 11.0. The molecule has 0 bridgehead atoms. The number of fused-ring (bicyclic) bond motifs is 1. The van der Waals surface area contributed by atoms with Crippen molar-refractivity contribution in [3.8, 4) is 0 Å². The van der Waals surface area contributed by atoms with Gasteiger partial charge < -0.3 is 30.5 Å². The summed E-state index contributed by atoms with van der Waals surface area (Å²) in [7, 11) is -4.88. The molecule has 6 N–H and O–H groups in total. The quantitative estimate of drug-likeness (QED) is 0.282. The van der Waals surface area contributed by atoms with E-state index in [1.54, 1.807) is 0 Å². The molecule has 2 aromatic rings. The summed E-state index contributed by atoms with van der Waals surface area (Å²) in [5.41, 5.74) is 6.21. The average Bonchev–Trinajstić information content (AvgIpc) is 3.01. The van der Waals surface area contributed by atoms with Crippen LogP contribution in [0.25, 0.3) is 11.2 Å². The molecular weight excluding hydrogens is 356 g/mol. The number of ether oxygens (including phenoxy) is 1. The molecule has 0 amide bonds. The minimum atomic E-state index is -4.88. The molecule has 14 heteroatoms. The molecule has 0 unspecified atom stereocenters. The molecule has 1 aliphatic rings. The van der Waals surface area contributed by atoms with Crippen LogP contribution in [0.15, 0.2) is 12.7 Å². The number of aliphatic hydroxyl groups is 2. The Bertz CT molecular complexity index is 769. The summed E-state index contributed by atoms with van der Waals surface area (Å²) in [6.07, 6.45) is -2.68. The van der Waals surface area contributed by atoms with Gasteiger partial charge in [-0.1, -0.05) is 0 Å². The van der Waals surface area contributed by atoms with E-state index in [2.05, 4.69) is 19.5 Å². The number of nitrogens with zero attached hydrogens (tertiary/aromatic N) is 4. The molecule has 1 saturated heterocycles. The fourth-order valence-corrected chi connectivity index (χ4v) is 3.02. The molecule has 0 spiro atoms. The van der Waals surface area contributed by atoms with E-state index in [1.165, 1.54) is 17.2 Å². The van der Waals surface area contributed by atoms with E-state index in [1.807, 2.05) is 0 Å². The summed E-state index contributed by atoms with van der Waals surface area (Å²) in [5.74, 6) is 0.128. The molecule has 24 heavy (non-hydrogen) atoms. The molecule has 0 radical (unpaired) electrons. The number of hydrogen-bond donors (Lipinski definition) is 5. The van der Waals surface area contributed by atoms with Crippen molar-refractivity contribution in [2.45, 2.75) is 24.5 Å². The topological polar surface area (TPSA) is 186 Å². The van der Waals surface area contributed by atoms with Crippen molar-refractivity contribution in [3.05, 3.63) is 12.7 Å². The molecule has 3 heterocycles. The number of aliphatic hydroxyl groups excluding tert-OH is 2. The third kappa shape index (κ3) is 3.63. The average molecular weight is 371 g/mol. The summed E-state index contributed by atoms with van der Waals surface area (Å²) in [6.45, 7) is -0.609. The SMILES string of the molecule is Nc1ncnc2c1ncn2[C@@H]1O[C@H](CO)[C@@H](OP(=O)(O)O)[C@H]1O.[NaH]. The summed E-state index contributed by atoms with van der Waals surface area (Å²) in [4.78, 5) is 29.6. The first-order valence-corrected chi connectivity index (χ1v) is 7.96. The van der Waals surface area contributed by atoms with Gasteiger partial charge in [0.1, 0.15) is 30.2 Å². The van der Waals surface area contributed by atoms with Crippen LogP contribution < -0.4 is 5.73 Å². The zero-order valence-electron chi connectivity index (χ0n) is 11.5. The van der Waals surface area contributed by atoms with E-state index in [0.717, 1.165) is 0 Å². The van der Waals surface area contributed by atoms with Crippen molar-refractivity contribution < 1.29 is 33.8 Å². The third-order valence-corrected chi connectivity index (χ3v) is 3.93. The zero-order chi connectivity index (χ0) is 16.8. The van der Waals surface area contributed by atoms with Crippen LogP contribution in [0.3, 0.4) is 0 Å². The van der Waals surface area contributed by atoms with Crippen LogP contribution in [-0.2, 0) is 13.8 Å². The van der Waals surface area contributed by atoms with Crippen LogP contribution in [0, 0.1) is 0 Å². The Morgan fingerprint density at radius 2 is 2.08 bits per heavy atom. The fourth-order valence-electron chi connectivity index (χ4n) is 2.44. The Balaban J connectivity index is 0.00000208. The Morgan fingerprint density at radius 1 is 1.38 bits per heavy atom. The van der Waals surface area contributed by atoms with Crippen molar-refractivity contribution in [3.63, 3.8) is 0 Å². The van der Waals surface area contributed by atoms with Gasteiger partial charge in [-0.05, 0) is 0 Å². The number of phosphoric acid groups is 1. The normalized spacial score (nSPS) is 27.3. The molecule has 1 aliphatic heterocycles. The first kappa shape index (κ1) is 19.7. The number of phosphoric ester groups is 1. The van der Waals surface area contributed by atoms with Gasteiger partial charge in [0.15, 0.2) is 17.7 Å². The van der Waals surface area contributed by atoms with Gasteiger partial charge in [-0.3, -0.25) is 9.09 Å². The van der Waals surface area contributed by atoms with Crippen molar-refractivity contribution in [1.82, 2.24) is 19.5 Å². The Kier molecular flexibility index (Phi) is 5.98. The van der Waals surface area contributed by atoms with E-state index in [0.29, 0.717) is 0 Å². The molecule has 2 aromatic heterocycles.